The number of benzene rings is 1. The Morgan fingerprint density at radius 2 is 2.00 bits per heavy atom. The summed E-state index contributed by atoms with van der Waals surface area (Å²) in [5.74, 6) is 1.16. The molecule has 0 saturated heterocycles. The van der Waals surface area contributed by atoms with Gasteiger partial charge in [0.2, 0.25) is 0 Å². The van der Waals surface area contributed by atoms with E-state index in [1.54, 1.807) is 11.3 Å². The molecule has 4 nitrogen and oxygen atoms in total. The van der Waals surface area contributed by atoms with Crippen molar-refractivity contribution in [1.82, 2.24) is 9.97 Å². The lowest BCUT2D eigenvalue weighted by Crippen LogP contribution is -2.07. The van der Waals surface area contributed by atoms with Crippen LogP contribution in [0.3, 0.4) is 0 Å². The van der Waals surface area contributed by atoms with Crippen LogP contribution in [0.1, 0.15) is 25.8 Å². The smallest absolute Gasteiger partial charge is 0.160 e. The molecule has 21 heavy (non-hydrogen) atoms. The Morgan fingerprint density at radius 1 is 1.24 bits per heavy atom. The third kappa shape index (κ3) is 2.62. The standard InChI is InChI=1S/C16H17N3OS/c1-3-20-10(2)15-18-14(17)13-12(9-21-16(13)19-15)11-7-5-4-6-8-11/h4-10H,3H2,1-2H3,(H2,17,18,19). The SMILES string of the molecule is CCOC(C)c1nc(N)c2c(-c3ccccc3)csc2n1. The van der Waals surface area contributed by atoms with E-state index in [2.05, 4.69) is 27.5 Å². The van der Waals surface area contributed by atoms with Gasteiger partial charge in [0.05, 0.1) is 5.39 Å². The lowest BCUT2D eigenvalue weighted by molar-refractivity contribution is 0.0704. The average molecular weight is 299 g/mol. The summed E-state index contributed by atoms with van der Waals surface area (Å²) in [7, 11) is 0. The monoisotopic (exact) mass is 299 g/mol. The molecule has 0 aliphatic carbocycles. The van der Waals surface area contributed by atoms with Gasteiger partial charge in [0.1, 0.15) is 16.8 Å². The van der Waals surface area contributed by atoms with Crippen molar-refractivity contribution >= 4 is 27.4 Å². The number of nitrogen functional groups attached to an aromatic ring is 1. The van der Waals surface area contributed by atoms with Crippen LogP contribution in [0.15, 0.2) is 35.7 Å². The molecule has 0 saturated carbocycles. The van der Waals surface area contributed by atoms with E-state index in [4.69, 9.17) is 10.5 Å². The fourth-order valence-corrected chi connectivity index (χ4v) is 3.28. The van der Waals surface area contributed by atoms with Gasteiger partial charge in [-0.05, 0) is 19.4 Å². The number of thiophene rings is 1. The van der Waals surface area contributed by atoms with Gasteiger partial charge in [0.15, 0.2) is 5.82 Å². The number of nitrogens with two attached hydrogens (primary N) is 1. The van der Waals surface area contributed by atoms with Crippen LogP contribution in [0, 0.1) is 0 Å². The van der Waals surface area contributed by atoms with Gasteiger partial charge in [-0.25, -0.2) is 9.97 Å². The minimum absolute atomic E-state index is 0.149. The number of nitrogens with zero attached hydrogens (tertiary/aromatic N) is 2. The van der Waals surface area contributed by atoms with Gasteiger partial charge in [-0.3, -0.25) is 0 Å². The topological polar surface area (TPSA) is 61.0 Å². The van der Waals surface area contributed by atoms with E-state index in [-0.39, 0.29) is 6.10 Å². The number of aromatic nitrogens is 2. The van der Waals surface area contributed by atoms with E-state index in [9.17, 15) is 0 Å². The number of hydrogen-bond donors (Lipinski definition) is 1. The molecule has 0 spiro atoms. The highest BCUT2D eigenvalue weighted by Gasteiger charge is 2.16. The quantitative estimate of drug-likeness (QED) is 0.790. The summed E-state index contributed by atoms with van der Waals surface area (Å²) in [5, 5.41) is 3.01. The van der Waals surface area contributed by atoms with E-state index < -0.39 is 0 Å². The number of anilines is 1. The van der Waals surface area contributed by atoms with Crippen LogP contribution < -0.4 is 5.73 Å². The third-order valence-corrected chi connectivity index (χ3v) is 4.22. The summed E-state index contributed by atoms with van der Waals surface area (Å²) in [6.45, 7) is 4.52. The molecule has 3 aromatic rings. The first-order valence-electron chi connectivity index (χ1n) is 6.92. The molecule has 0 aliphatic rings. The maximum Gasteiger partial charge on any atom is 0.160 e. The second kappa shape index (κ2) is 5.79. The normalized spacial score (nSPS) is 12.7. The zero-order valence-corrected chi connectivity index (χ0v) is 12.9. The number of rotatable bonds is 4. The van der Waals surface area contributed by atoms with E-state index in [1.165, 1.54) is 0 Å². The minimum atomic E-state index is -0.149. The first-order valence-corrected chi connectivity index (χ1v) is 7.80. The molecule has 0 aliphatic heterocycles. The van der Waals surface area contributed by atoms with Crippen LogP contribution in [0.2, 0.25) is 0 Å². The highest BCUT2D eigenvalue weighted by atomic mass is 32.1. The summed E-state index contributed by atoms with van der Waals surface area (Å²) in [6, 6.07) is 10.2. The van der Waals surface area contributed by atoms with Crippen LogP contribution in [-0.4, -0.2) is 16.6 Å². The molecule has 2 aromatic heterocycles. The van der Waals surface area contributed by atoms with Gasteiger partial charge in [-0.2, -0.15) is 0 Å². The van der Waals surface area contributed by atoms with Crippen LogP contribution in [0.4, 0.5) is 5.82 Å². The Morgan fingerprint density at radius 3 is 2.71 bits per heavy atom. The maximum atomic E-state index is 6.17. The fraction of sp³-hybridized carbons (Fsp3) is 0.250. The van der Waals surface area contributed by atoms with Crippen molar-refractivity contribution < 1.29 is 4.74 Å². The molecule has 108 valence electrons. The summed E-state index contributed by atoms with van der Waals surface area (Å²) < 4.78 is 5.55. The van der Waals surface area contributed by atoms with Crippen molar-refractivity contribution in [3.05, 3.63) is 41.5 Å². The van der Waals surface area contributed by atoms with Crippen LogP contribution in [0.5, 0.6) is 0 Å². The highest BCUT2D eigenvalue weighted by Crippen LogP contribution is 2.36. The largest absolute Gasteiger partial charge is 0.383 e. The van der Waals surface area contributed by atoms with Crippen molar-refractivity contribution in [2.45, 2.75) is 20.0 Å². The molecule has 1 unspecified atom stereocenters. The van der Waals surface area contributed by atoms with Crippen LogP contribution in [0.25, 0.3) is 21.3 Å². The van der Waals surface area contributed by atoms with E-state index in [0.717, 1.165) is 21.3 Å². The third-order valence-electron chi connectivity index (χ3n) is 3.34. The molecule has 2 heterocycles. The molecule has 5 heteroatoms. The predicted molar refractivity (Wildman–Crippen MR) is 87.3 cm³/mol. The Bertz CT molecular complexity index is 755. The summed E-state index contributed by atoms with van der Waals surface area (Å²) >= 11 is 1.59. The Labute approximate surface area is 127 Å². The van der Waals surface area contributed by atoms with Gasteiger partial charge < -0.3 is 10.5 Å². The molecular formula is C16H17N3OS. The molecule has 3 rings (SSSR count). The minimum Gasteiger partial charge on any atom is -0.383 e. The number of fused-ring (bicyclic) bond motifs is 1. The van der Waals surface area contributed by atoms with Gasteiger partial charge >= 0.3 is 0 Å². The molecule has 2 N–H and O–H groups in total. The van der Waals surface area contributed by atoms with E-state index in [0.29, 0.717) is 18.2 Å². The molecule has 0 amide bonds. The first kappa shape index (κ1) is 14.0. The number of hydrogen-bond acceptors (Lipinski definition) is 5. The molecule has 0 radical (unpaired) electrons. The first-order chi connectivity index (χ1) is 10.2. The predicted octanol–water partition coefficient (Wildman–Crippen LogP) is 4.04. The van der Waals surface area contributed by atoms with Gasteiger partial charge in [-0.15, -0.1) is 11.3 Å². The second-order valence-electron chi connectivity index (χ2n) is 4.76. The Kier molecular flexibility index (Phi) is 3.86. The maximum absolute atomic E-state index is 6.17. The summed E-state index contributed by atoms with van der Waals surface area (Å²) in [4.78, 5) is 9.94. The van der Waals surface area contributed by atoms with Crippen LogP contribution >= 0.6 is 11.3 Å². The average Bonchev–Trinajstić information content (AvgIpc) is 2.93. The number of ether oxygens (including phenoxy) is 1. The molecule has 0 fully saturated rings. The summed E-state index contributed by atoms with van der Waals surface area (Å²) in [6.07, 6.45) is -0.149. The Hall–Kier alpha value is -1.98. The van der Waals surface area contributed by atoms with Gasteiger partial charge in [0.25, 0.3) is 0 Å². The molecule has 1 aromatic carbocycles. The second-order valence-corrected chi connectivity index (χ2v) is 5.62. The van der Waals surface area contributed by atoms with E-state index in [1.807, 2.05) is 32.0 Å². The zero-order chi connectivity index (χ0) is 14.8. The van der Waals surface area contributed by atoms with Gasteiger partial charge in [0, 0.05) is 17.6 Å². The fourth-order valence-electron chi connectivity index (χ4n) is 2.32. The van der Waals surface area contributed by atoms with Gasteiger partial charge in [-0.1, -0.05) is 30.3 Å². The summed E-state index contributed by atoms with van der Waals surface area (Å²) in [5.41, 5.74) is 8.39. The van der Waals surface area contributed by atoms with Crippen molar-refractivity contribution in [1.29, 1.82) is 0 Å². The highest BCUT2D eigenvalue weighted by molar-refractivity contribution is 7.17. The molecular weight excluding hydrogens is 282 g/mol. The zero-order valence-electron chi connectivity index (χ0n) is 12.0. The Balaban J connectivity index is 2.11. The van der Waals surface area contributed by atoms with Crippen LogP contribution in [-0.2, 0) is 4.74 Å². The lowest BCUT2D eigenvalue weighted by atomic mass is 10.1. The molecule has 0 bridgehead atoms. The van der Waals surface area contributed by atoms with Crippen molar-refractivity contribution in [3.63, 3.8) is 0 Å². The molecule has 1 atom stereocenters. The van der Waals surface area contributed by atoms with Crippen molar-refractivity contribution in [2.24, 2.45) is 0 Å². The van der Waals surface area contributed by atoms with Crippen molar-refractivity contribution in [3.8, 4) is 11.1 Å². The van der Waals surface area contributed by atoms with E-state index >= 15 is 0 Å². The lowest BCUT2D eigenvalue weighted by Gasteiger charge is -2.11. The van der Waals surface area contributed by atoms with Crippen molar-refractivity contribution in [2.75, 3.05) is 12.3 Å².